The van der Waals surface area contributed by atoms with Crippen molar-refractivity contribution in [1.82, 2.24) is 9.97 Å². The lowest BCUT2D eigenvalue weighted by Crippen LogP contribution is -2.14. The number of amides is 1. The van der Waals surface area contributed by atoms with E-state index in [0.717, 1.165) is 11.3 Å². The maximum Gasteiger partial charge on any atom is 0.274 e. The van der Waals surface area contributed by atoms with Crippen LogP contribution in [-0.4, -0.2) is 15.9 Å². The molecule has 0 radical (unpaired) electrons. The third kappa shape index (κ3) is 4.47. The van der Waals surface area contributed by atoms with E-state index in [0.29, 0.717) is 21.7 Å². The number of nitrogens with zero attached hydrogens (tertiary/aromatic N) is 2. The van der Waals surface area contributed by atoms with Gasteiger partial charge in [0.05, 0.1) is 0 Å². The third-order valence-electron chi connectivity index (χ3n) is 3.40. The second-order valence-corrected chi connectivity index (χ2v) is 6.16. The largest absolute Gasteiger partial charge is 0.324 e. The Morgan fingerprint density at radius 1 is 1.04 bits per heavy atom. The van der Waals surface area contributed by atoms with Crippen molar-refractivity contribution in [2.45, 2.75) is 6.92 Å². The summed E-state index contributed by atoms with van der Waals surface area (Å²) in [5, 5.41) is 6.96. The molecule has 126 valence electrons. The molecule has 0 saturated heterocycles. The zero-order valence-electron chi connectivity index (χ0n) is 13.3. The number of aromatic nitrogens is 2. The molecule has 0 aliphatic heterocycles. The third-order valence-corrected chi connectivity index (χ3v) is 4.04. The van der Waals surface area contributed by atoms with Crippen LogP contribution in [0.5, 0.6) is 0 Å². The number of halogens is 2. The molecular formula is C18H14Cl2N4O. The van der Waals surface area contributed by atoms with E-state index in [-0.39, 0.29) is 11.6 Å². The van der Waals surface area contributed by atoms with E-state index in [9.17, 15) is 4.79 Å². The molecule has 25 heavy (non-hydrogen) atoms. The van der Waals surface area contributed by atoms with E-state index in [1.54, 1.807) is 24.3 Å². The number of nitrogens with one attached hydrogen (secondary N) is 2. The van der Waals surface area contributed by atoms with Gasteiger partial charge in [0.2, 0.25) is 5.95 Å². The van der Waals surface area contributed by atoms with Gasteiger partial charge in [0, 0.05) is 27.6 Å². The van der Waals surface area contributed by atoms with E-state index in [4.69, 9.17) is 23.2 Å². The van der Waals surface area contributed by atoms with Crippen LogP contribution in [0.15, 0.2) is 54.7 Å². The monoisotopic (exact) mass is 372 g/mol. The molecule has 0 aliphatic rings. The second-order valence-electron chi connectivity index (χ2n) is 5.32. The van der Waals surface area contributed by atoms with Crippen LogP contribution in [0.2, 0.25) is 10.0 Å². The minimum absolute atomic E-state index is 0.233. The van der Waals surface area contributed by atoms with Crippen LogP contribution in [0.25, 0.3) is 0 Å². The smallest absolute Gasteiger partial charge is 0.274 e. The Kier molecular flexibility index (Phi) is 5.16. The predicted octanol–water partition coefficient (Wildman–Crippen LogP) is 5.09. The van der Waals surface area contributed by atoms with Crippen molar-refractivity contribution in [3.8, 4) is 0 Å². The fourth-order valence-electron chi connectivity index (χ4n) is 2.11. The number of rotatable bonds is 4. The molecular weight excluding hydrogens is 359 g/mol. The highest BCUT2D eigenvalue weighted by atomic mass is 35.5. The van der Waals surface area contributed by atoms with Crippen LogP contribution in [-0.2, 0) is 0 Å². The highest BCUT2D eigenvalue weighted by Gasteiger charge is 2.10. The lowest BCUT2D eigenvalue weighted by Gasteiger charge is -2.08. The maximum absolute atomic E-state index is 12.4. The van der Waals surface area contributed by atoms with Gasteiger partial charge in [-0.15, -0.1) is 0 Å². The molecule has 0 bridgehead atoms. The van der Waals surface area contributed by atoms with Crippen LogP contribution in [0, 0.1) is 6.92 Å². The SMILES string of the molecule is Cc1ccc(NC(=O)c2ccnc(Nc3cccc(Cl)c3)n2)cc1Cl. The Hall–Kier alpha value is -2.63. The minimum atomic E-state index is -0.350. The molecule has 0 aliphatic carbocycles. The van der Waals surface area contributed by atoms with E-state index < -0.39 is 0 Å². The molecule has 2 aromatic carbocycles. The molecule has 1 heterocycles. The maximum atomic E-state index is 12.4. The van der Waals surface area contributed by atoms with E-state index in [1.165, 1.54) is 12.3 Å². The summed E-state index contributed by atoms with van der Waals surface area (Å²) in [6, 6.07) is 14.0. The van der Waals surface area contributed by atoms with Gasteiger partial charge in [-0.1, -0.05) is 35.3 Å². The van der Waals surface area contributed by atoms with Gasteiger partial charge in [-0.25, -0.2) is 9.97 Å². The Morgan fingerprint density at radius 2 is 1.88 bits per heavy atom. The predicted molar refractivity (Wildman–Crippen MR) is 101 cm³/mol. The van der Waals surface area contributed by atoms with Crippen molar-refractivity contribution >= 4 is 46.4 Å². The summed E-state index contributed by atoms with van der Waals surface area (Å²) in [5.41, 5.74) is 2.50. The Bertz CT molecular complexity index is 930. The highest BCUT2D eigenvalue weighted by Crippen LogP contribution is 2.21. The number of hydrogen-bond donors (Lipinski definition) is 2. The molecule has 0 unspecified atom stereocenters. The van der Waals surface area contributed by atoms with Crippen LogP contribution >= 0.6 is 23.2 Å². The number of benzene rings is 2. The van der Waals surface area contributed by atoms with Crippen molar-refractivity contribution in [3.63, 3.8) is 0 Å². The summed E-state index contributed by atoms with van der Waals surface area (Å²) >= 11 is 12.0. The van der Waals surface area contributed by atoms with Gasteiger partial charge in [0.1, 0.15) is 5.69 Å². The summed E-state index contributed by atoms with van der Waals surface area (Å²) in [5.74, 6) is -0.0479. The lowest BCUT2D eigenvalue weighted by molar-refractivity contribution is 0.102. The lowest BCUT2D eigenvalue weighted by atomic mass is 10.2. The van der Waals surface area contributed by atoms with Crippen molar-refractivity contribution in [1.29, 1.82) is 0 Å². The quantitative estimate of drug-likeness (QED) is 0.669. The number of carbonyl (C=O) groups is 1. The molecule has 0 atom stereocenters. The van der Waals surface area contributed by atoms with Crippen molar-refractivity contribution in [2.24, 2.45) is 0 Å². The molecule has 1 aromatic heterocycles. The van der Waals surface area contributed by atoms with Gasteiger partial charge in [0.15, 0.2) is 0 Å². The first-order chi connectivity index (χ1) is 12.0. The summed E-state index contributed by atoms with van der Waals surface area (Å²) in [6.45, 7) is 1.89. The first-order valence-electron chi connectivity index (χ1n) is 7.44. The zero-order chi connectivity index (χ0) is 17.8. The molecule has 3 aromatic rings. The molecule has 0 spiro atoms. The Balaban J connectivity index is 1.76. The average Bonchev–Trinajstić information content (AvgIpc) is 2.58. The first-order valence-corrected chi connectivity index (χ1v) is 8.20. The van der Waals surface area contributed by atoms with Crippen LogP contribution < -0.4 is 10.6 Å². The van der Waals surface area contributed by atoms with Crippen LogP contribution in [0.3, 0.4) is 0 Å². The molecule has 7 heteroatoms. The number of aryl methyl sites for hydroxylation is 1. The summed E-state index contributed by atoms with van der Waals surface area (Å²) in [4.78, 5) is 20.7. The zero-order valence-corrected chi connectivity index (χ0v) is 14.8. The van der Waals surface area contributed by atoms with Gasteiger partial charge in [-0.05, 0) is 48.9 Å². The first kappa shape index (κ1) is 17.2. The van der Waals surface area contributed by atoms with Gasteiger partial charge < -0.3 is 10.6 Å². The standard InChI is InChI=1S/C18H14Cl2N4O/c1-11-5-6-14(10-15(11)20)22-17(25)16-7-8-21-18(24-16)23-13-4-2-3-12(19)9-13/h2-10H,1H3,(H,22,25)(H,21,23,24). The van der Waals surface area contributed by atoms with Crippen molar-refractivity contribution < 1.29 is 4.79 Å². The van der Waals surface area contributed by atoms with Gasteiger partial charge in [0.25, 0.3) is 5.91 Å². The fourth-order valence-corrected chi connectivity index (χ4v) is 2.48. The molecule has 2 N–H and O–H groups in total. The summed E-state index contributed by atoms with van der Waals surface area (Å²) in [6.07, 6.45) is 1.51. The summed E-state index contributed by atoms with van der Waals surface area (Å²) in [7, 11) is 0. The van der Waals surface area contributed by atoms with Gasteiger partial charge >= 0.3 is 0 Å². The molecule has 0 saturated carbocycles. The van der Waals surface area contributed by atoms with E-state index >= 15 is 0 Å². The van der Waals surface area contributed by atoms with Crippen molar-refractivity contribution in [3.05, 3.63) is 76.0 Å². The molecule has 3 rings (SSSR count). The number of anilines is 3. The minimum Gasteiger partial charge on any atom is -0.324 e. The van der Waals surface area contributed by atoms with Gasteiger partial charge in [-0.3, -0.25) is 4.79 Å². The molecule has 5 nitrogen and oxygen atoms in total. The normalized spacial score (nSPS) is 10.4. The van der Waals surface area contributed by atoms with Crippen LogP contribution in [0.4, 0.5) is 17.3 Å². The van der Waals surface area contributed by atoms with Crippen LogP contribution in [0.1, 0.15) is 16.1 Å². The molecule has 1 amide bonds. The Labute approximate surface area is 155 Å². The van der Waals surface area contributed by atoms with Gasteiger partial charge in [-0.2, -0.15) is 0 Å². The number of carbonyl (C=O) groups excluding carboxylic acids is 1. The second kappa shape index (κ2) is 7.51. The fraction of sp³-hybridized carbons (Fsp3) is 0.0556. The topological polar surface area (TPSA) is 66.9 Å². The highest BCUT2D eigenvalue weighted by molar-refractivity contribution is 6.31. The van der Waals surface area contributed by atoms with E-state index in [2.05, 4.69) is 20.6 Å². The summed E-state index contributed by atoms with van der Waals surface area (Å²) < 4.78 is 0. The number of hydrogen-bond acceptors (Lipinski definition) is 4. The molecule has 0 fully saturated rings. The van der Waals surface area contributed by atoms with Crippen molar-refractivity contribution in [2.75, 3.05) is 10.6 Å². The van der Waals surface area contributed by atoms with E-state index in [1.807, 2.05) is 25.1 Å². The Morgan fingerprint density at radius 3 is 2.64 bits per heavy atom. The average molecular weight is 373 g/mol.